The molecule has 5 rings (SSSR count). The summed E-state index contributed by atoms with van der Waals surface area (Å²) in [5.74, 6) is 0.650. The van der Waals surface area contributed by atoms with Crippen molar-refractivity contribution in [3.8, 4) is 33.8 Å². The molecule has 0 bridgehead atoms. The standard InChI is InChI=1S/C32H26O2/c33-31-18-16-23(21-29(31)25-12-6-2-7-13-25)20-28(24-10-4-1-5-11-24)27-17-19-32(34)30(22-27)26-14-8-3-9-15-26/h1-19,21-22,28,33-34H,20H2. The van der Waals surface area contributed by atoms with E-state index >= 15 is 0 Å². The summed E-state index contributed by atoms with van der Waals surface area (Å²) in [4.78, 5) is 0. The fraction of sp³-hybridized carbons (Fsp3) is 0.0625. The first kappa shape index (κ1) is 21.5. The molecule has 166 valence electrons. The summed E-state index contributed by atoms with van der Waals surface area (Å²) in [5.41, 5.74) is 7.13. The lowest BCUT2D eigenvalue weighted by Crippen LogP contribution is -2.06. The maximum absolute atomic E-state index is 10.6. The van der Waals surface area contributed by atoms with Crippen molar-refractivity contribution in [2.24, 2.45) is 0 Å². The number of phenols is 2. The van der Waals surface area contributed by atoms with E-state index < -0.39 is 0 Å². The number of hydrogen-bond acceptors (Lipinski definition) is 2. The largest absolute Gasteiger partial charge is 0.507 e. The first-order valence-corrected chi connectivity index (χ1v) is 11.5. The van der Waals surface area contributed by atoms with E-state index in [0.717, 1.165) is 39.8 Å². The van der Waals surface area contributed by atoms with Gasteiger partial charge in [-0.25, -0.2) is 0 Å². The molecule has 0 aliphatic carbocycles. The van der Waals surface area contributed by atoms with Crippen molar-refractivity contribution in [1.29, 1.82) is 0 Å². The van der Waals surface area contributed by atoms with Crippen molar-refractivity contribution in [2.75, 3.05) is 0 Å². The normalized spacial score (nSPS) is 11.8. The number of benzene rings is 5. The Morgan fingerprint density at radius 3 is 1.56 bits per heavy atom. The average molecular weight is 443 g/mol. The van der Waals surface area contributed by atoms with Gasteiger partial charge in [-0.2, -0.15) is 0 Å². The first-order valence-electron chi connectivity index (χ1n) is 11.5. The molecule has 0 amide bonds. The van der Waals surface area contributed by atoms with Gasteiger partial charge in [0.05, 0.1) is 0 Å². The lowest BCUT2D eigenvalue weighted by molar-refractivity contribution is 0.476. The third kappa shape index (κ3) is 4.57. The first-order chi connectivity index (χ1) is 16.7. The Labute approximate surface area is 200 Å². The Hall–Kier alpha value is -4.30. The lowest BCUT2D eigenvalue weighted by atomic mass is 9.84. The van der Waals surface area contributed by atoms with Gasteiger partial charge in [-0.1, -0.05) is 103 Å². The van der Waals surface area contributed by atoms with Crippen LogP contribution < -0.4 is 0 Å². The molecule has 5 aromatic rings. The van der Waals surface area contributed by atoms with E-state index in [4.69, 9.17) is 0 Å². The van der Waals surface area contributed by atoms with Crippen LogP contribution in [0.25, 0.3) is 22.3 Å². The Balaban J connectivity index is 1.57. The van der Waals surface area contributed by atoms with Gasteiger partial charge in [-0.05, 0) is 58.5 Å². The molecule has 0 aliphatic heterocycles. The third-order valence-corrected chi connectivity index (χ3v) is 6.30. The van der Waals surface area contributed by atoms with Crippen LogP contribution in [-0.4, -0.2) is 10.2 Å². The van der Waals surface area contributed by atoms with E-state index in [2.05, 4.69) is 36.4 Å². The summed E-state index contributed by atoms with van der Waals surface area (Å²) in [6, 6.07) is 42.2. The van der Waals surface area contributed by atoms with Crippen LogP contribution in [0.5, 0.6) is 11.5 Å². The van der Waals surface area contributed by atoms with Gasteiger partial charge in [0.25, 0.3) is 0 Å². The molecule has 2 N–H and O–H groups in total. The zero-order chi connectivity index (χ0) is 23.3. The van der Waals surface area contributed by atoms with E-state index in [-0.39, 0.29) is 17.4 Å². The molecular weight excluding hydrogens is 416 g/mol. The number of phenolic OH excluding ortho intramolecular Hbond substituents is 2. The van der Waals surface area contributed by atoms with E-state index in [1.54, 1.807) is 12.1 Å². The van der Waals surface area contributed by atoms with Crippen LogP contribution in [0.4, 0.5) is 0 Å². The minimum Gasteiger partial charge on any atom is -0.507 e. The molecule has 0 saturated carbocycles. The highest BCUT2D eigenvalue weighted by Crippen LogP contribution is 2.37. The highest BCUT2D eigenvalue weighted by Gasteiger charge is 2.18. The maximum atomic E-state index is 10.6. The second-order valence-electron chi connectivity index (χ2n) is 8.53. The highest BCUT2D eigenvalue weighted by atomic mass is 16.3. The van der Waals surface area contributed by atoms with E-state index in [1.807, 2.05) is 78.9 Å². The average Bonchev–Trinajstić information content (AvgIpc) is 2.90. The molecule has 0 aromatic heterocycles. The van der Waals surface area contributed by atoms with Crippen molar-refractivity contribution >= 4 is 0 Å². The Morgan fingerprint density at radius 1 is 0.471 bits per heavy atom. The molecule has 0 aliphatic rings. The molecule has 2 nitrogen and oxygen atoms in total. The van der Waals surface area contributed by atoms with Crippen LogP contribution in [0.1, 0.15) is 22.6 Å². The van der Waals surface area contributed by atoms with Crippen LogP contribution in [0.15, 0.2) is 127 Å². The summed E-state index contributed by atoms with van der Waals surface area (Å²) in [7, 11) is 0. The van der Waals surface area contributed by atoms with E-state index in [0.29, 0.717) is 0 Å². The molecule has 2 heteroatoms. The maximum Gasteiger partial charge on any atom is 0.123 e. The van der Waals surface area contributed by atoms with Crippen molar-refractivity contribution in [1.82, 2.24) is 0 Å². The molecular formula is C32H26O2. The van der Waals surface area contributed by atoms with Gasteiger partial charge in [0.2, 0.25) is 0 Å². The van der Waals surface area contributed by atoms with Gasteiger partial charge < -0.3 is 10.2 Å². The highest BCUT2D eigenvalue weighted by molar-refractivity contribution is 5.72. The van der Waals surface area contributed by atoms with Crippen LogP contribution in [0.2, 0.25) is 0 Å². The number of rotatable bonds is 6. The van der Waals surface area contributed by atoms with Crippen molar-refractivity contribution < 1.29 is 10.2 Å². The lowest BCUT2D eigenvalue weighted by Gasteiger charge is -2.20. The summed E-state index contributed by atoms with van der Waals surface area (Å²) >= 11 is 0. The fourth-order valence-electron chi connectivity index (χ4n) is 4.53. The molecule has 0 fully saturated rings. The quantitative estimate of drug-likeness (QED) is 0.282. The molecule has 0 spiro atoms. The van der Waals surface area contributed by atoms with Crippen LogP contribution in [0, 0.1) is 0 Å². The summed E-state index contributed by atoms with van der Waals surface area (Å²) in [6.07, 6.45) is 0.767. The van der Waals surface area contributed by atoms with Gasteiger partial charge >= 0.3 is 0 Å². The predicted octanol–water partition coefficient (Wildman–Crippen LogP) is 7.81. The van der Waals surface area contributed by atoms with Crippen molar-refractivity contribution in [3.05, 3.63) is 144 Å². The smallest absolute Gasteiger partial charge is 0.123 e. The second-order valence-corrected chi connectivity index (χ2v) is 8.53. The molecule has 0 heterocycles. The van der Waals surface area contributed by atoms with E-state index in [1.165, 1.54) is 5.56 Å². The molecule has 5 aromatic carbocycles. The van der Waals surface area contributed by atoms with Crippen molar-refractivity contribution in [3.63, 3.8) is 0 Å². The molecule has 34 heavy (non-hydrogen) atoms. The molecule has 0 saturated heterocycles. The van der Waals surface area contributed by atoms with Crippen LogP contribution in [-0.2, 0) is 6.42 Å². The van der Waals surface area contributed by atoms with Gasteiger partial charge in [0, 0.05) is 17.0 Å². The molecule has 1 atom stereocenters. The number of aromatic hydroxyl groups is 2. The van der Waals surface area contributed by atoms with Gasteiger partial charge in [-0.15, -0.1) is 0 Å². The summed E-state index contributed by atoms with van der Waals surface area (Å²) in [6.45, 7) is 0. The SMILES string of the molecule is Oc1ccc(CC(c2ccccc2)c2ccc(O)c(-c3ccccc3)c2)cc1-c1ccccc1. The predicted molar refractivity (Wildman–Crippen MR) is 139 cm³/mol. The zero-order valence-corrected chi connectivity index (χ0v) is 18.8. The van der Waals surface area contributed by atoms with Gasteiger partial charge in [0.1, 0.15) is 11.5 Å². The number of hydrogen-bond donors (Lipinski definition) is 2. The van der Waals surface area contributed by atoms with Crippen molar-refractivity contribution in [2.45, 2.75) is 12.3 Å². The third-order valence-electron chi connectivity index (χ3n) is 6.30. The Morgan fingerprint density at radius 2 is 0.971 bits per heavy atom. The Bertz CT molecular complexity index is 1380. The van der Waals surface area contributed by atoms with Gasteiger partial charge in [-0.3, -0.25) is 0 Å². The van der Waals surface area contributed by atoms with E-state index in [9.17, 15) is 10.2 Å². The molecule has 0 radical (unpaired) electrons. The second kappa shape index (κ2) is 9.68. The molecule has 1 unspecified atom stereocenters. The minimum absolute atomic E-state index is 0.0948. The topological polar surface area (TPSA) is 40.5 Å². The summed E-state index contributed by atoms with van der Waals surface area (Å²) in [5, 5.41) is 21.1. The van der Waals surface area contributed by atoms with Gasteiger partial charge in [0.15, 0.2) is 0 Å². The summed E-state index contributed by atoms with van der Waals surface area (Å²) < 4.78 is 0. The monoisotopic (exact) mass is 442 g/mol. The fourth-order valence-corrected chi connectivity index (χ4v) is 4.53. The Kier molecular flexibility index (Phi) is 6.13. The minimum atomic E-state index is 0.0948. The van der Waals surface area contributed by atoms with Crippen LogP contribution in [0.3, 0.4) is 0 Å². The zero-order valence-electron chi connectivity index (χ0n) is 18.8. The van der Waals surface area contributed by atoms with Crippen LogP contribution >= 0.6 is 0 Å².